The van der Waals surface area contributed by atoms with Gasteiger partial charge in [-0.05, 0) is 76.8 Å². The van der Waals surface area contributed by atoms with Gasteiger partial charge in [-0.3, -0.25) is 19.6 Å². The highest BCUT2D eigenvalue weighted by Crippen LogP contribution is 2.24. The van der Waals surface area contributed by atoms with Crippen molar-refractivity contribution in [1.82, 2.24) is 24.3 Å². The summed E-state index contributed by atoms with van der Waals surface area (Å²) in [7, 11) is 0. The molecule has 5 N–H and O–H groups in total. The number of anilines is 1. The molecule has 2 fully saturated rings. The second-order valence-electron chi connectivity index (χ2n) is 11.7. The molecule has 0 spiro atoms. The van der Waals surface area contributed by atoms with Crippen molar-refractivity contribution < 1.29 is 9.59 Å². The Morgan fingerprint density at radius 2 is 1.76 bits per heavy atom. The standard InChI is InChI=1S/C29H44N8O3.ClH/c1-5-34(23-12-8-22(30)9-13-23)19-21-6-10-24(11-7-21)37-15-14-25(33-28(37)40)32-27(39)35-16-17-36(20(2)18-35)26(38)29(3,4)31;/h6-7,10-11,14-15,20,22-23H,5,8-9,12-13,16-19,30-31H2,1-4H3,(H,32,33,39,40);1H/t20-,22?,23?;/m1./s1. The van der Waals surface area contributed by atoms with Crippen molar-refractivity contribution in [1.29, 1.82) is 0 Å². The average molecular weight is 589 g/mol. The number of piperazine rings is 1. The Bertz CT molecular complexity index is 1240. The maximum Gasteiger partial charge on any atom is 0.354 e. The fourth-order valence-electron chi connectivity index (χ4n) is 5.63. The van der Waals surface area contributed by atoms with Crippen LogP contribution >= 0.6 is 12.4 Å². The number of amides is 3. The molecule has 41 heavy (non-hydrogen) atoms. The third kappa shape index (κ3) is 8.06. The molecule has 0 bridgehead atoms. The van der Waals surface area contributed by atoms with Crippen LogP contribution < -0.4 is 22.5 Å². The van der Waals surface area contributed by atoms with Gasteiger partial charge in [-0.2, -0.15) is 4.98 Å². The van der Waals surface area contributed by atoms with E-state index in [4.69, 9.17) is 11.5 Å². The Kier molecular flexibility index (Phi) is 10.9. The van der Waals surface area contributed by atoms with Gasteiger partial charge >= 0.3 is 11.7 Å². The van der Waals surface area contributed by atoms with Gasteiger partial charge in [-0.25, -0.2) is 9.59 Å². The van der Waals surface area contributed by atoms with Crippen LogP contribution in [0.5, 0.6) is 0 Å². The predicted octanol–water partition coefficient (Wildman–Crippen LogP) is 2.55. The Morgan fingerprint density at radius 1 is 1.10 bits per heavy atom. The number of halogens is 1. The summed E-state index contributed by atoms with van der Waals surface area (Å²) >= 11 is 0. The molecule has 2 heterocycles. The number of carbonyl (C=O) groups is 2. The van der Waals surface area contributed by atoms with Crippen LogP contribution in [0.3, 0.4) is 0 Å². The number of hydrogen-bond donors (Lipinski definition) is 3. The summed E-state index contributed by atoms with van der Waals surface area (Å²) in [6.45, 7) is 10.4. The van der Waals surface area contributed by atoms with Crippen LogP contribution in [0.1, 0.15) is 58.9 Å². The van der Waals surface area contributed by atoms with Gasteiger partial charge in [0.2, 0.25) is 5.91 Å². The summed E-state index contributed by atoms with van der Waals surface area (Å²) in [5.41, 5.74) is 12.5. The van der Waals surface area contributed by atoms with Crippen LogP contribution in [-0.4, -0.2) is 86.0 Å². The van der Waals surface area contributed by atoms with Gasteiger partial charge in [0.1, 0.15) is 5.82 Å². The Hall–Kier alpha value is -2.99. The van der Waals surface area contributed by atoms with Crippen molar-refractivity contribution in [3.8, 4) is 5.69 Å². The van der Waals surface area contributed by atoms with E-state index in [-0.39, 0.29) is 36.2 Å². The molecule has 3 amide bonds. The molecule has 1 aliphatic carbocycles. The van der Waals surface area contributed by atoms with Gasteiger partial charge in [-0.1, -0.05) is 19.1 Å². The first kappa shape index (κ1) is 32.5. The van der Waals surface area contributed by atoms with E-state index in [1.807, 2.05) is 31.2 Å². The minimum absolute atomic E-state index is 0. The number of nitrogens with one attached hydrogen (secondary N) is 1. The van der Waals surface area contributed by atoms with E-state index < -0.39 is 11.2 Å². The number of nitrogens with two attached hydrogens (primary N) is 2. The lowest BCUT2D eigenvalue weighted by Crippen LogP contribution is -2.61. The number of urea groups is 1. The van der Waals surface area contributed by atoms with Crippen LogP contribution in [0.25, 0.3) is 5.69 Å². The number of nitrogens with zero attached hydrogens (tertiary/aromatic N) is 5. The lowest BCUT2D eigenvalue weighted by atomic mass is 9.90. The zero-order chi connectivity index (χ0) is 29.0. The number of aromatic nitrogens is 2. The van der Waals surface area contributed by atoms with Crippen LogP contribution in [0.15, 0.2) is 41.3 Å². The maximum absolute atomic E-state index is 12.9. The normalized spacial score (nSPS) is 21.4. The monoisotopic (exact) mass is 588 g/mol. The molecule has 1 saturated heterocycles. The molecule has 1 atom stereocenters. The maximum atomic E-state index is 12.9. The molecule has 1 saturated carbocycles. The molecule has 1 aromatic carbocycles. The van der Waals surface area contributed by atoms with Crippen molar-refractivity contribution in [2.24, 2.45) is 11.5 Å². The largest absolute Gasteiger partial charge is 0.354 e. The van der Waals surface area contributed by atoms with E-state index in [2.05, 4.69) is 22.1 Å². The average Bonchev–Trinajstić information content (AvgIpc) is 2.92. The molecule has 4 rings (SSSR count). The van der Waals surface area contributed by atoms with Crippen LogP contribution in [0, 0.1) is 0 Å². The second kappa shape index (κ2) is 13.8. The zero-order valence-electron chi connectivity index (χ0n) is 24.6. The summed E-state index contributed by atoms with van der Waals surface area (Å²) in [6.07, 6.45) is 6.05. The van der Waals surface area contributed by atoms with E-state index in [9.17, 15) is 14.4 Å². The molecule has 12 heteroatoms. The van der Waals surface area contributed by atoms with Crippen LogP contribution in [0.4, 0.5) is 10.6 Å². The first-order valence-corrected chi connectivity index (χ1v) is 14.3. The lowest BCUT2D eigenvalue weighted by Gasteiger charge is -2.42. The quantitative estimate of drug-likeness (QED) is 0.451. The molecule has 1 aliphatic heterocycles. The van der Waals surface area contributed by atoms with Crippen molar-refractivity contribution in [2.75, 3.05) is 31.5 Å². The number of hydrogen-bond acceptors (Lipinski definition) is 7. The summed E-state index contributed by atoms with van der Waals surface area (Å²) in [6, 6.07) is 9.91. The number of rotatable bonds is 7. The zero-order valence-corrected chi connectivity index (χ0v) is 25.4. The third-order valence-electron chi connectivity index (χ3n) is 8.03. The molecule has 0 unspecified atom stereocenters. The molecule has 0 radical (unpaired) electrons. The topological polar surface area (TPSA) is 143 Å². The van der Waals surface area contributed by atoms with E-state index >= 15 is 0 Å². The van der Waals surface area contributed by atoms with E-state index in [1.165, 1.54) is 10.1 Å². The third-order valence-corrected chi connectivity index (χ3v) is 8.03. The van der Waals surface area contributed by atoms with Crippen LogP contribution in [0.2, 0.25) is 0 Å². The van der Waals surface area contributed by atoms with Crippen LogP contribution in [-0.2, 0) is 11.3 Å². The van der Waals surface area contributed by atoms with Gasteiger partial charge in [0.25, 0.3) is 0 Å². The second-order valence-corrected chi connectivity index (χ2v) is 11.7. The Labute approximate surface area is 248 Å². The first-order valence-electron chi connectivity index (χ1n) is 14.3. The molecule has 1 aromatic heterocycles. The Balaban J connectivity index is 0.00000462. The molecular weight excluding hydrogens is 544 g/mol. The lowest BCUT2D eigenvalue weighted by molar-refractivity contribution is -0.139. The van der Waals surface area contributed by atoms with Crippen molar-refractivity contribution in [3.05, 3.63) is 52.6 Å². The summed E-state index contributed by atoms with van der Waals surface area (Å²) in [4.78, 5) is 48.2. The van der Waals surface area contributed by atoms with Gasteiger partial charge in [0.05, 0.1) is 11.2 Å². The Morgan fingerprint density at radius 3 is 2.32 bits per heavy atom. The highest BCUT2D eigenvalue weighted by molar-refractivity contribution is 5.89. The smallest absolute Gasteiger partial charge is 0.335 e. The van der Waals surface area contributed by atoms with E-state index in [0.29, 0.717) is 37.4 Å². The number of carbonyl (C=O) groups excluding carboxylic acids is 2. The van der Waals surface area contributed by atoms with Gasteiger partial charge in [0, 0.05) is 50.5 Å². The number of benzene rings is 1. The minimum Gasteiger partial charge on any atom is -0.335 e. The molecular formula is C29H45ClN8O3. The van der Waals surface area contributed by atoms with Gasteiger partial charge in [-0.15, -0.1) is 12.4 Å². The van der Waals surface area contributed by atoms with Gasteiger partial charge in [0.15, 0.2) is 0 Å². The molecule has 2 aromatic rings. The highest BCUT2D eigenvalue weighted by atomic mass is 35.5. The van der Waals surface area contributed by atoms with E-state index in [0.717, 1.165) is 38.8 Å². The van der Waals surface area contributed by atoms with Crippen molar-refractivity contribution >= 4 is 30.2 Å². The fourth-order valence-corrected chi connectivity index (χ4v) is 5.63. The fraction of sp³-hybridized carbons (Fsp3) is 0.586. The minimum atomic E-state index is -0.966. The summed E-state index contributed by atoms with van der Waals surface area (Å²) < 4.78 is 1.46. The molecule has 226 valence electrons. The molecule has 11 nitrogen and oxygen atoms in total. The van der Waals surface area contributed by atoms with E-state index in [1.54, 1.807) is 35.9 Å². The highest BCUT2D eigenvalue weighted by Gasteiger charge is 2.35. The SMILES string of the molecule is CCN(Cc1ccc(-n2ccc(NC(=O)N3CCN(C(=O)C(C)(C)N)[C@H](C)C3)nc2=O)cc1)C1CCC(N)CC1.Cl. The van der Waals surface area contributed by atoms with Crippen molar-refractivity contribution in [2.45, 2.75) is 83.6 Å². The first-order chi connectivity index (χ1) is 19.0. The molecule has 2 aliphatic rings. The summed E-state index contributed by atoms with van der Waals surface area (Å²) in [5, 5.41) is 2.72. The summed E-state index contributed by atoms with van der Waals surface area (Å²) in [5.74, 6) is 0.0402. The van der Waals surface area contributed by atoms with Gasteiger partial charge < -0.3 is 21.3 Å². The predicted molar refractivity (Wildman–Crippen MR) is 163 cm³/mol. The van der Waals surface area contributed by atoms with Crippen molar-refractivity contribution in [3.63, 3.8) is 0 Å².